The van der Waals surface area contributed by atoms with Gasteiger partial charge in [-0.25, -0.2) is 0 Å². The second-order valence-electron chi connectivity index (χ2n) is 2.18. The number of halogens is 1. The molecule has 1 amide bonds. The third-order valence-electron chi connectivity index (χ3n) is 1.41. The summed E-state index contributed by atoms with van der Waals surface area (Å²) in [5, 5.41) is 9.85. The van der Waals surface area contributed by atoms with Gasteiger partial charge < -0.3 is 9.88 Å². The van der Waals surface area contributed by atoms with Gasteiger partial charge in [-0.05, 0) is 0 Å². The molecule has 66 valence electrons. The van der Waals surface area contributed by atoms with Crippen molar-refractivity contribution in [1.29, 1.82) is 0 Å². The van der Waals surface area contributed by atoms with E-state index < -0.39 is 0 Å². The summed E-state index contributed by atoms with van der Waals surface area (Å²) in [6.07, 6.45) is 1.48. The molecule has 0 aromatic carbocycles. The predicted molar refractivity (Wildman–Crippen MR) is 43.6 cm³/mol. The van der Waals surface area contributed by atoms with Crippen LogP contribution in [-0.4, -0.2) is 27.7 Å². The van der Waals surface area contributed by atoms with E-state index in [1.807, 2.05) is 0 Å². The van der Waals surface area contributed by atoms with Crippen LogP contribution in [0.25, 0.3) is 0 Å². The van der Waals surface area contributed by atoms with E-state index in [0.29, 0.717) is 5.82 Å². The highest BCUT2D eigenvalue weighted by molar-refractivity contribution is 6.16. The minimum atomic E-state index is -0.0961. The lowest BCUT2D eigenvalue weighted by Crippen LogP contribution is -2.23. The summed E-state index contributed by atoms with van der Waals surface area (Å²) < 4.78 is 1.60. The molecule has 0 saturated heterocycles. The molecular weight excluding hydrogens is 180 g/mol. The van der Waals surface area contributed by atoms with Crippen molar-refractivity contribution in [2.75, 3.05) is 7.05 Å². The number of carbonyl (C=O) groups excluding carboxylic acids is 1. The molecule has 5 nitrogen and oxygen atoms in total. The van der Waals surface area contributed by atoms with Gasteiger partial charge in [0, 0.05) is 7.05 Å². The molecule has 0 bridgehead atoms. The predicted octanol–water partition coefficient (Wildman–Crippen LogP) is -0.237. The van der Waals surface area contributed by atoms with Gasteiger partial charge in [0.25, 0.3) is 0 Å². The van der Waals surface area contributed by atoms with Gasteiger partial charge >= 0.3 is 0 Å². The van der Waals surface area contributed by atoms with Gasteiger partial charge in [0.1, 0.15) is 18.7 Å². The minimum Gasteiger partial charge on any atom is -0.358 e. The Morgan fingerprint density at radius 2 is 2.58 bits per heavy atom. The summed E-state index contributed by atoms with van der Waals surface area (Å²) in [5.41, 5.74) is 0. The van der Waals surface area contributed by atoms with Crippen LogP contribution in [0.3, 0.4) is 0 Å². The van der Waals surface area contributed by atoms with Crippen LogP contribution in [0.4, 0.5) is 0 Å². The first kappa shape index (κ1) is 8.99. The Labute approximate surface area is 74.7 Å². The second kappa shape index (κ2) is 4.06. The monoisotopic (exact) mass is 188 g/mol. The number of rotatable bonds is 3. The van der Waals surface area contributed by atoms with Gasteiger partial charge in [-0.3, -0.25) is 4.79 Å². The number of hydrogen-bond donors (Lipinski definition) is 1. The van der Waals surface area contributed by atoms with Gasteiger partial charge in [0.05, 0.1) is 5.88 Å². The molecule has 1 rings (SSSR count). The molecule has 0 aliphatic rings. The highest BCUT2D eigenvalue weighted by atomic mass is 35.5. The molecule has 1 N–H and O–H groups in total. The lowest BCUT2D eigenvalue weighted by atomic mass is 10.5. The Hall–Kier alpha value is -1.10. The van der Waals surface area contributed by atoms with Gasteiger partial charge in [0.2, 0.25) is 5.91 Å². The number of aromatic nitrogens is 3. The van der Waals surface area contributed by atoms with E-state index in [2.05, 4.69) is 15.5 Å². The number of nitrogens with one attached hydrogen (secondary N) is 1. The number of carbonyl (C=O) groups is 1. The van der Waals surface area contributed by atoms with Gasteiger partial charge in [0.15, 0.2) is 0 Å². The van der Waals surface area contributed by atoms with Gasteiger partial charge in [-0.15, -0.1) is 21.8 Å². The van der Waals surface area contributed by atoms with Crippen molar-refractivity contribution >= 4 is 17.5 Å². The average molecular weight is 189 g/mol. The lowest BCUT2D eigenvalue weighted by molar-refractivity contribution is -0.121. The number of amides is 1. The molecule has 1 aromatic rings. The molecule has 0 aliphatic heterocycles. The lowest BCUT2D eigenvalue weighted by Gasteiger charge is -2.01. The zero-order valence-electron chi connectivity index (χ0n) is 6.62. The Kier molecular flexibility index (Phi) is 3.04. The molecule has 1 aromatic heterocycles. The largest absolute Gasteiger partial charge is 0.358 e. The van der Waals surface area contributed by atoms with Crippen LogP contribution < -0.4 is 5.32 Å². The molecule has 6 heteroatoms. The summed E-state index contributed by atoms with van der Waals surface area (Å²) in [4.78, 5) is 10.9. The van der Waals surface area contributed by atoms with Crippen LogP contribution in [0.1, 0.15) is 5.82 Å². The quantitative estimate of drug-likeness (QED) is 0.667. The summed E-state index contributed by atoms with van der Waals surface area (Å²) >= 11 is 5.55. The molecule has 0 aliphatic carbocycles. The molecule has 0 fully saturated rings. The molecule has 1 heterocycles. The van der Waals surface area contributed by atoms with Crippen molar-refractivity contribution in [3.8, 4) is 0 Å². The van der Waals surface area contributed by atoms with E-state index >= 15 is 0 Å². The highest BCUT2D eigenvalue weighted by Gasteiger charge is 2.05. The second-order valence-corrected chi connectivity index (χ2v) is 2.45. The Morgan fingerprint density at radius 3 is 3.17 bits per heavy atom. The number of alkyl halides is 1. The van der Waals surface area contributed by atoms with E-state index in [9.17, 15) is 4.79 Å². The fraction of sp³-hybridized carbons (Fsp3) is 0.500. The normalized spacial score (nSPS) is 9.83. The third-order valence-corrected chi connectivity index (χ3v) is 1.65. The van der Waals surface area contributed by atoms with Crippen molar-refractivity contribution in [3.05, 3.63) is 12.2 Å². The summed E-state index contributed by atoms with van der Waals surface area (Å²) in [6.45, 7) is 0.214. The Bertz CT molecular complexity index is 272. The first-order chi connectivity index (χ1) is 5.77. The number of hydrogen-bond acceptors (Lipinski definition) is 3. The fourth-order valence-corrected chi connectivity index (χ4v) is 0.955. The maximum atomic E-state index is 10.9. The van der Waals surface area contributed by atoms with E-state index in [1.165, 1.54) is 6.33 Å². The molecule has 0 unspecified atom stereocenters. The van der Waals surface area contributed by atoms with Crippen LogP contribution in [0.15, 0.2) is 6.33 Å². The smallest absolute Gasteiger partial charge is 0.239 e. The average Bonchev–Trinajstić information content (AvgIpc) is 2.51. The van der Waals surface area contributed by atoms with E-state index in [-0.39, 0.29) is 18.3 Å². The van der Waals surface area contributed by atoms with Crippen molar-refractivity contribution in [2.45, 2.75) is 12.4 Å². The van der Waals surface area contributed by atoms with Crippen molar-refractivity contribution < 1.29 is 4.79 Å². The number of likely N-dealkylation sites (N-methyl/N-ethyl adjacent to an activating group) is 1. The molecule has 0 radical (unpaired) electrons. The van der Waals surface area contributed by atoms with Crippen LogP contribution >= 0.6 is 11.6 Å². The summed E-state index contributed by atoms with van der Waals surface area (Å²) in [7, 11) is 1.58. The van der Waals surface area contributed by atoms with Crippen LogP contribution in [0, 0.1) is 0 Å². The molecule has 0 atom stereocenters. The van der Waals surface area contributed by atoms with Gasteiger partial charge in [-0.1, -0.05) is 0 Å². The SMILES string of the molecule is CNC(=O)Cn1cnnc1CCl. The zero-order chi connectivity index (χ0) is 8.97. The van der Waals surface area contributed by atoms with E-state index in [1.54, 1.807) is 11.6 Å². The van der Waals surface area contributed by atoms with Gasteiger partial charge in [-0.2, -0.15) is 0 Å². The third kappa shape index (κ3) is 1.94. The molecule has 0 spiro atoms. The van der Waals surface area contributed by atoms with Crippen molar-refractivity contribution in [1.82, 2.24) is 20.1 Å². The minimum absolute atomic E-state index is 0.0961. The maximum Gasteiger partial charge on any atom is 0.239 e. The molecular formula is C6H9ClN4O. The molecule has 0 saturated carbocycles. The van der Waals surface area contributed by atoms with E-state index in [0.717, 1.165) is 0 Å². The zero-order valence-corrected chi connectivity index (χ0v) is 7.38. The first-order valence-electron chi connectivity index (χ1n) is 3.41. The standard InChI is InChI=1S/C6H9ClN4O/c1-8-6(12)3-11-4-9-10-5(11)2-7/h4H,2-3H2,1H3,(H,8,12). The Morgan fingerprint density at radius 1 is 1.83 bits per heavy atom. The summed E-state index contributed by atoms with van der Waals surface area (Å²) in [6, 6.07) is 0. The topological polar surface area (TPSA) is 59.8 Å². The Balaban J connectivity index is 2.68. The van der Waals surface area contributed by atoms with Crippen LogP contribution in [0.2, 0.25) is 0 Å². The van der Waals surface area contributed by atoms with Crippen LogP contribution in [-0.2, 0) is 17.2 Å². The van der Waals surface area contributed by atoms with Crippen molar-refractivity contribution in [2.24, 2.45) is 0 Å². The van der Waals surface area contributed by atoms with Crippen molar-refractivity contribution in [3.63, 3.8) is 0 Å². The van der Waals surface area contributed by atoms with Crippen LogP contribution in [0.5, 0.6) is 0 Å². The summed E-state index contributed by atoms with van der Waals surface area (Å²) in [5.74, 6) is 0.762. The fourth-order valence-electron chi connectivity index (χ4n) is 0.748. The maximum absolute atomic E-state index is 10.9. The number of nitrogens with zero attached hydrogens (tertiary/aromatic N) is 3. The first-order valence-corrected chi connectivity index (χ1v) is 3.94. The van der Waals surface area contributed by atoms with E-state index in [4.69, 9.17) is 11.6 Å². The molecule has 12 heavy (non-hydrogen) atoms. The highest BCUT2D eigenvalue weighted by Crippen LogP contribution is 1.98.